The smallest absolute Gasteiger partial charge is 0.338 e. The van der Waals surface area contributed by atoms with Crippen LogP contribution in [0.1, 0.15) is 33.2 Å². The fourth-order valence-corrected chi connectivity index (χ4v) is 6.77. The van der Waals surface area contributed by atoms with Gasteiger partial charge in [-0.25, -0.2) is 4.79 Å². The van der Waals surface area contributed by atoms with E-state index in [-0.39, 0.29) is 52.0 Å². The van der Waals surface area contributed by atoms with E-state index in [0.29, 0.717) is 12.1 Å². The van der Waals surface area contributed by atoms with Crippen molar-refractivity contribution in [2.24, 2.45) is 36.4 Å². The Morgan fingerprint density at radius 3 is 1.88 bits per heavy atom. The molecule has 0 aliphatic heterocycles. The van der Waals surface area contributed by atoms with E-state index in [2.05, 4.69) is 30.7 Å². The number of carbonyl (C=O) groups excluding carboxylic acids is 1. The Morgan fingerprint density at radius 1 is 0.780 bits per heavy atom. The maximum Gasteiger partial charge on any atom is 0.338 e. The van der Waals surface area contributed by atoms with E-state index in [0.717, 1.165) is 16.7 Å². The molecule has 0 fully saturated rings. The molecule has 1 heterocycles. The summed E-state index contributed by atoms with van der Waals surface area (Å²) in [6.45, 7) is 2.83. The van der Waals surface area contributed by atoms with Gasteiger partial charge in [0.1, 0.15) is 56.1 Å². The van der Waals surface area contributed by atoms with E-state index in [9.17, 15) is 60.8 Å². The van der Waals surface area contributed by atoms with Gasteiger partial charge in [0.05, 0.1) is 35.8 Å². The van der Waals surface area contributed by atoms with Crippen LogP contribution in [0.25, 0.3) is 10.8 Å². The van der Waals surface area contributed by atoms with Crippen LogP contribution >= 0.6 is 0 Å². The molecule has 59 heavy (non-hydrogen) atoms. The lowest BCUT2D eigenvalue weighted by Crippen LogP contribution is -2.30. The maximum absolute atomic E-state index is 12.6. The molecular weight excluding hydrogens is 825 g/mol. The third-order valence-electron chi connectivity index (χ3n) is 8.38. The van der Waals surface area contributed by atoms with Gasteiger partial charge in [0.25, 0.3) is 31.7 Å². The van der Waals surface area contributed by atoms with Gasteiger partial charge in [-0.1, -0.05) is 0 Å². The molecule has 5 rings (SSSR count). The number of carboxylic acids is 1. The molecule has 8 N–H and O–H groups in total. The molecule has 0 saturated heterocycles. The van der Waals surface area contributed by atoms with Gasteiger partial charge in [0.2, 0.25) is 5.88 Å². The minimum atomic E-state index is -5.20. The van der Waals surface area contributed by atoms with Crippen molar-refractivity contribution >= 4 is 77.0 Å². The van der Waals surface area contributed by atoms with E-state index in [4.69, 9.17) is 15.2 Å². The van der Waals surface area contributed by atoms with E-state index in [1.807, 2.05) is 0 Å². The van der Waals surface area contributed by atoms with Gasteiger partial charge >= 0.3 is 5.97 Å². The predicted octanol–water partition coefficient (Wildman–Crippen LogP) is 6.00. The molecule has 4 aromatic carbocycles. The number of aromatic hydroxyl groups is 3. The average molecular weight is 855 g/mol. The first-order chi connectivity index (χ1) is 27.6. The molecule has 1 amide bonds. The second-order valence-corrected chi connectivity index (χ2v) is 14.8. The number of hydrogen-bond donors (Lipinski definition) is 7. The summed E-state index contributed by atoms with van der Waals surface area (Å²) < 4.78 is 78.8. The zero-order valence-corrected chi connectivity index (χ0v) is 32.3. The third kappa shape index (κ3) is 8.52. The molecule has 0 bridgehead atoms. The molecule has 0 radical (unpaired) electrons. The number of carboxylic acid groups (broad SMARTS) is 1. The number of nitrogens with zero attached hydrogens (tertiary/aromatic N) is 7. The first-order valence-electron chi connectivity index (χ1n) is 16.2. The summed E-state index contributed by atoms with van der Waals surface area (Å²) in [5.74, 6) is -5.25. The minimum Gasteiger partial charge on any atom is -0.507 e. The van der Waals surface area contributed by atoms with Crippen LogP contribution in [0, 0.1) is 6.92 Å². The number of aromatic carboxylic acids is 1. The topological polar surface area (TPSA) is 364 Å². The van der Waals surface area contributed by atoms with Crippen LogP contribution in [0.5, 0.6) is 28.9 Å². The van der Waals surface area contributed by atoms with Crippen molar-refractivity contribution in [2.75, 3.05) is 14.2 Å². The second-order valence-electron chi connectivity index (χ2n) is 12.0. The molecule has 25 heteroatoms. The van der Waals surface area contributed by atoms with Crippen molar-refractivity contribution in [3.8, 4) is 28.9 Å². The van der Waals surface area contributed by atoms with Crippen LogP contribution in [0.2, 0.25) is 0 Å². The van der Waals surface area contributed by atoms with Crippen molar-refractivity contribution in [2.45, 2.75) is 30.2 Å². The van der Waals surface area contributed by atoms with E-state index >= 15 is 0 Å². The van der Waals surface area contributed by atoms with E-state index in [1.54, 1.807) is 0 Å². The van der Waals surface area contributed by atoms with Gasteiger partial charge in [-0.15, -0.1) is 25.6 Å². The summed E-state index contributed by atoms with van der Waals surface area (Å²) in [7, 11) is -7.68. The van der Waals surface area contributed by atoms with Crippen LogP contribution in [0.15, 0.2) is 93.8 Å². The number of ether oxygens (including phenoxy) is 2. The monoisotopic (exact) mass is 854 g/mol. The van der Waals surface area contributed by atoms with Gasteiger partial charge in [0, 0.05) is 30.3 Å². The number of benzene rings is 4. The highest BCUT2D eigenvalue weighted by atomic mass is 32.2. The van der Waals surface area contributed by atoms with E-state index in [1.165, 1.54) is 52.3 Å². The Bertz CT molecular complexity index is 2980. The summed E-state index contributed by atoms with van der Waals surface area (Å²) in [4.78, 5) is 34.9. The van der Waals surface area contributed by atoms with Crippen molar-refractivity contribution in [1.29, 1.82) is 0 Å². The van der Waals surface area contributed by atoms with Gasteiger partial charge < -0.3 is 35.6 Å². The molecular formula is C34H30N8O15S2. The standard InChI is InChI=1S/C34H30N8O15S2/c1-5-42-32(46)26(31(35)45)14(2)28(33(42)47)40-36-16-6-7-19(18(10-16)34(48)49)37-38-20-12-24(57-4)21(13-23(20)56-3)39-41-29-25(59(53,54)55)9-15-8-17(58(50,51)52)11-22(43)27(15)30(29)44/h6-13,43-44,47H,5H2,1-4H3,(H2,35,45)(H,48,49)(H,50,51,52)(H,53,54,55)/b38-37+,40-36+,41-39+. The highest BCUT2D eigenvalue weighted by molar-refractivity contribution is 7.86. The number of fused-ring (bicyclic) bond motifs is 1. The largest absolute Gasteiger partial charge is 0.507 e. The molecule has 0 atom stereocenters. The molecule has 0 unspecified atom stereocenters. The van der Waals surface area contributed by atoms with Crippen LogP contribution < -0.4 is 20.8 Å². The number of pyridine rings is 1. The lowest BCUT2D eigenvalue weighted by molar-refractivity contribution is 0.0697. The molecule has 5 aromatic rings. The summed E-state index contributed by atoms with van der Waals surface area (Å²) in [6.07, 6.45) is 0. The SMILES string of the molecule is CCn1c(O)c(/N=N/c2ccc(/N=N/c3cc(OC)c(/N=N/c4c(S(=O)(=O)O)cc5cc(S(=O)(=O)O)cc(O)c5c4O)cc3OC)c(C(=O)O)c2)c(C)c(C(N)=O)c1=O. The number of amides is 1. The Morgan fingerprint density at radius 2 is 1.36 bits per heavy atom. The van der Waals surface area contributed by atoms with Crippen LogP contribution in [-0.2, 0) is 26.8 Å². The zero-order chi connectivity index (χ0) is 43.7. The first-order valence-corrected chi connectivity index (χ1v) is 19.1. The number of methoxy groups -OCH3 is 2. The van der Waals surface area contributed by atoms with Crippen molar-refractivity contribution in [3.63, 3.8) is 0 Å². The number of carbonyl (C=O) groups is 2. The Labute approximate surface area is 331 Å². The molecule has 308 valence electrons. The van der Waals surface area contributed by atoms with Crippen LogP contribution in [0.3, 0.4) is 0 Å². The average Bonchev–Trinajstić information content (AvgIpc) is 3.15. The van der Waals surface area contributed by atoms with Crippen molar-refractivity contribution in [3.05, 3.63) is 75.6 Å². The lowest BCUT2D eigenvalue weighted by Gasteiger charge is -2.12. The number of hydrogen-bond acceptors (Lipinski definition) is 18. The van der Waals surface area contributed by atoms with Gasteiger partial charge in [0.15, 0.2) is 5.75 Å². The number of rotatable bonds is 13. The van der Waals surface area contributed by atoms with Crippen LogP contribution in [0.4, 0.5) is 34.1 Å². The summed E-state index contributed by atoms with van der Waals surface area (Å²) in [5.41, 5.74) is 2.03. The molecule has 23 nitrogen and oxygen atoms in total. The quantitative estimate of drug-likeness (QED) is 0.0527. The minimum absolute atomic E-state index is 0.0353. The molecule has 0 spiro atoms. The van der Waals surface area contributed by atoms with Crippen molar-refractivity contribution in [1.82, 2.24) is 4.57 Å². The highest BCUT2D eigenvalue weighted by Crippen LogP contribution is 2.47. The summed E-state index contributed by atoms with van der Waals surface area (Å²) in [6, 6.07) is 8.01. The van der Waals surface area contributed by atoms with E-state index < -0.39 is 92.4 Å². The Hall–Kier alpha value is -7.35. The zero-order valence-electron chi connectivity index (χ0n) is 30.7. The fourth-order valence-electron chi connectivity index (χ4n) is 5.58. The normalized spacial score (nSPS) is 12.2. The molecule has 0 aliphatic carbocycles. The number of nitrogens with two attached hydrogens (primary N) is 1. The summed E-state index contributed by atoms with van der Waals surface area (Å²) >= 11 is 0. The molecule has 0 saturated carbocycles. The van der Waals surface area contributed by atoms with Gasteiger partial charge in [-0.3, -0.25) is 23.3 Å². The second kappa shape index (κ2) is 16.3. The lowest BCUT2D eigenvalue weighted by atomic mass is 10.1. The van der Waals surface area contributed by atoms with Crippen molar-refractivity contribution < 1.29 is 65.4 Å². The predicted molar refractivity (Wildman–Crippen MR) is 204 cm³/mol. The Kier molecular flexibility index (Phi) is 11.8. The van der Waals surface area contributed by atoms with Gasteiger partial charge in [-0.05, 0) is 49.6 Å². The third-order valence-corrected chi connectivity index (χ3v) is 10.1. The molecule has 0 aliphatic rings. The number of azo groups is 3. The summed E-state index contributed by atoms with van der Waals surface area (Å²) in [5, 5.41) is 64.7. The first kappa shape index (κ1) is 42.8. The molecule has 1 aromatic heterocycles. The van der Waals surface area contributed by atoms with Gasteiger partial charge in [-0.2, -0.15) is 21.9 Å². The number of phenolic OH excluding ortho intramolecular Hbond substituents is 2. The Balaban J connectivity index is 1.53. The number of phenols is 2. The fraction of sp³-hybridized carbons (Fsp3) is 0.147. The maximum atomic E-state index is 12.6. The van der Waals surface area contributed by atoms with Crippen LogP contribution in [-0.4, -0.2) is 77.0 Å². The number of aromatic nitrogens is 1. The number of primary amides is 1. The highest BCUT2D eigenvalue weighted by Gasteiger charge is 2.26.